The molecule has 1 fully saturated rings. The summed E-state index contributed by atoms with van der Waals surface area (Å²) in [5, 5.41) is 4.13. The summed E-state index contributed by atoms with van der Waals surface area (Å²) in [4.78, 5) is 18.9. The molecule has 0 unspecified atom stereocenters. The van der Waals surface area contributed by atoms with Crippen LogP contribution < -0.4 is 9.47 Å². The van der Waals surface area contributed by atoms with Crippen molar-refractivity contribution in [2.45, 2.75) is 25.3 Å². The van der Waals surface area contributed by atoms with Gasteiger partial charge in [0.2, 0.25) is 11.8 Å². The number of nitrogens with zero attached hydrogens (tertiary/aromatic N) is 3. The second-order valence-electron chi connectivity index (χ2n) is 7.06. The Morgan fingerprint density at radius 1 is 1.14 bits per heavy atom. The van der Waals surface area contributed by atoms with Gasteiger partial charge in [-0.2, -0.15) is 4.98 Å². The highest BCUT2D eigenvalue weighted by molar-refractivity contribution is 5.79. The molecule has 1 aliphatic rings. The predicted octanol–water partition coefficient (Wildman–Crippen LogP) is 3.19. The fourth-order valence-corrected chi connectivity index (χ4v) is 3.60. The molecule has 0 saturated carbocycles. The van der Waals surface area contributed by atoms with Gasteiger partial charge >= 0.3 is 0 Å². The number of likely N-dealkylation sites (tertiary alicyclic amines) is 1. The van der Waals surface area contributed by atoms with Gasteiger partial charge in [-0.05, 0) is 23.8 Å². The molecule has 3 aromatic rings. The number of hydrogen-bond donors (Lipinski definition) is 0. The molecule has 0 bridgehead atoms. The van der Waals surface area contributed by atoms with Crippen LogP contribution in [0.1, 0.15) is 35.2 Å². The Kier molecular flexibility index (Phi) is 5.46. The van der Waals surface area contributed by atoms with Gasteiger partial charge in [-0.25, -0.2) is 0 Å². The molecule has 7 nitrogen and oxygen atoms in total. The van der Waals surface area contributed by atoms with E-state index in [-0.39, 0.29) is 11.8 Å². The molecule has 2 heterocycles. The van der Waals surface area contributed by atoms with Crippen LogP contribution in [0.4, 0.5) is 0 Å². The quantitative estimate of drug-likeness (QED) is 0.613. The molecule has 150 valence electrons. The van der Waals surface area contributed by atoms with Gasteiger partial charge < -0.3 is 18.9 Å². The summed E-state index contributed by atoms with van der Waals surface area (Å²) >= 11 is 0. The Balaban J connectivity index is 1.43. The molecule has 1 aromatic heterocycles. The van der Waals surface area contributed by atoms with E-state index in [1.165, 1.54) is 0 Å². The average Bonchev–Trinajstić information content (AvgIpc) is 3.35. The first-order valence-electron chi connectivity index (χ1n) is 9.51. The SMILES string of the molecule is COc1cccc(Cc2nc([C@H]3CC(=O)N(Cc4ccccc4OC)C3)no2)c1. The maximum Gasteiger partial charge on any atom is 0.231 e. The Morgan fingerprint density at radius 2 is 2.00 bits per heavy atom. The van der Waals surface area contributed by atoms with E-state index in [2.05, 4.69) is 10.1 Å². The number of carbonyl (C=O) groups is 1. The lowest BCUT2D eigenvalue weighted by molar-refractivity contribution is -0.128. The predicted molar refractivity (Wildman–Crippen MR) is 106 cm³/mol. The standard InChI is InChI=1S/C22H23N3O4/c1-27-18-8-5-6-15(10-18)11-20-23-22(24-29-20)17-12-21(26)25(14-17)13-16-7-3-4-9-19(16)28-2/h3-10,17H,11-14H2,1-2H3/t17-/m0/s1. The molecule has 1 saturated heterocycles. The van der Waals surface area contributed by atoms with Crippen molar-refractivity contribution in [3.63, 3.8) is 0 Å². The van der Waals surface area contributed by atoms with Gasteiger partial charge in [0.1, 0.15) is 11.5 Å². The monoisotopic (exact) mass is 393 g/mol. The highest BCUT2D eigenvalue weighted by Crippen LogP contribution is 2.29. The van der Waals surface area contributed by atoms with Crippen LogP contribution in [0, 0.1) is 0 Å². The molecule has 1 aliphatic heterocycles. The van der Waals surface area contributed by atoms with Crippen LogP contribution in [0.15, 0.2) is 53.1 Å². The van der Waals surface area contributed by atoms with Crippen molar-refractivity contribution in [1.82, 2.24) is 15.0 Å². The fourth-order valence-electron chi connectivity index (χ4n) is 3.60. The molecule has 1 atom stereocenters. The molecule has 4 rings (SSSR count). The summed E-state index contributed by atoms with van der Waals surface area (Å²) < 4.78 is 16.1. The number of ether oxygens (including phenoxy) is 2. The number of benzene rings is 2. The summed E-state index contributed by atoms with van der Waals surface area (Å²) in [5.41, 5.74) is 2.01. The normalized spacial score (nSPS) is 16.3. The van der Waals surface area contributed by atoms with Crippen LogP contribution in [0.2, 0.25) is 0 Å². The number of hydrogen-bond acceptors (Lipinski definition) is 6. The second kappa shape index (κ2) is 8.34. The largest absolute Gasteiger partial charge is 0.497 e. The third-order valence-electron chi connectivity index (χ3n) is 5.11. The van der Waals surface area contributed by atoms with Crippen molar-refractivity contribution < 1.29 is 18.8 Å². The molecule has 1 amide bonds. The maximum atomic E-state index is 12.5. The third-order valence-corrected chi connectivity index (χ3v) is 5.11. The summed E-state index contributed by atoms with van der Waals surface area (Å²) in [7, 11) is 3.27. The van der Waals surface area contributed by atoms with Crippen LogP contribution in [0.25, 0.3) is 0 Å². The molecule has 0 radical (unpaired) electrons. The second-order valence-corrected chi connectivity index (χ2v) is 7.06. The molecule has 0 aliphatic carbocycles. The van der Waals surface area contributed by atoms with Crippen molar-refractivity contribution in [2.75, 3.05) is 20.8 Å². The van der Waals surface area contributed by atoms with Crippen molar-refractivity contribution >= 4 is 5.91 Å². The summed E-state index contributed by atoms with van der Waals surface area (Å²) in [5.74, 6) is 2.70. The zero-order valence-corrected chi connectivity index (χ0v) is 16.5. The minimum absolute atomic E-state index is 0.0694. The molecule has 2 aromatic carbocycles. The highest BCUT2D eigenvalue weighted by atomic mass is 16.5. The molecule has 29 heavy (non-hydrogen) atoms. The maximum absolute atomic E-state index is 12.5. The highest BCUT2D eigenvalue weighted by Gasteiger charge is 2.34. The van der Waals surface area contributed by atoms with E-state index in [0.717, 1.165) is 22.6 Å². The summed E-state index contributed by atoms with van der Waals surface area (Å²) in [6.07, 6.45) is 0.906. The third kappa shape index (κ3) is 4.23. The van der Waals surface area contributed by atoms with Gasteiger partial charge in [0.15, 0.2) is 5.82 Å². The van der Waals surface area contributed by atoms with Crippen LogP contribution in [-0.2, 0) is 17.8 Å². The Hall–Kier alpha value is -3.35. The van der Waals surface area contributed by atoms with Gasteiger partial charge in [-0.15, -0.1) is 0 Å². The van der Waals surface area contributed by atoms with Crippen molar-refractivity contribution in [1.29, 1.82) is 0 Å². The molecular formula is C22H23N3O4. The Labute approximate surface area is 169 Å². The number of methoxy groups -OCH3 is 2. The van der Waals surface area contributed by atoms with Crippen molar-refractivity contribution in [2.24, 2.45) is 0 Å². The number of rotatable bonds is 7. The smallest absolute Gasteiger partial charge is 0.231 e. The van der Waals surface area contributed by atoms with E-state index in [4.69, 9.17) is 14.0 Å². The number of amides is 1. The van der Waals surface area contributed by atoms with Crippen LogP contribution in [-0.4, -0.2) is 41.7 Å². The first kappa shape index (κ1) is 19.0. The topological polar surface area (TPSA) is 77.7 Å². The first-order chi connectivity index (χ1) is 14.2. The van der Waals surface area contributed by atoms with Crippen LogP contribution in [0.3, 0.4) is 0 Å². The number of para-hydroxylation sites is 1. The van der Waals surface area contributed by atoms with Crippen LogP contribution >= 0.6 is 0 Å². The number of aromatic nitrogens is 2. The van der Waals surface area contributed by atoms with E-state index < -0.39 is 0 Å². The lowest BCUT2D eigenvalue weighted by Crippen LogP contribution is -2.24. The van der Waals surface area contributed by atoms with Crippen molar-refractivity contribution in [3.05, 3.63) is 71.4 Å². The lowest BCUT2D eigenvalue weighted by Gasteiger charge is -2.17. The summed E-state index contributed by atoms with van der Waals surface area (Å²) in [6, 6.07) is 15.5. The summed E-state index contributed by atoms with van der Waals surface area (Å²) in [6.45, 7) is 1.07. The Bertz CT molecular complexity index is 1000. The minimum Gasteiger partial charge on any atom is -0.497 e. The van der Waals surface area contributed by atoms with Crippen LogP contribution in [0.5, 0.6) is 11.5 Å². The average molecular weight is 393 g/mol. The van der Waals surface area contributed by atoms with Crippen molar-refractivity contribution in [3.8, 4) is 11.5 Å². The zero-order chi connectivity index (χ0) is 20.2. The molecule has 7 heteroatoms. The van der Waals surface area contributed by atoms with E-state index in [1.54, 1.807) is 14.2 Å². The van der Waals surface area contributed by atoms with Gasteiger partial charge in [-0.1, -0.05) is 35.5 Å². The number of carbonyl (C=O) groups excluding carboxylic acids is 1. The van der Waals surface area contributed by atoms with Gasteiger partial charge in [-0.3, -0.25) is 4.79 Å². The van der Waals surface area contributed by atoms with Gasteiger partial charge in [0, 0.05) is 31.0 Å². The van der Waals surface area contributed by atoms with E-state index >= 15 is 0 Å². The van der Waals surface area contributed by atoms with Gasteiger partial charge in [0.05, 0.1) is 20.6 Å². The van der Waals surface area contributed by atoms with E-state index in [0.29, 0.717) is 37.6 Å². The Morgan fingerprint density at radius 3 is 2.83 bits per heavy atom. The molecule has 0 spiro atoms. The minimum atomic E-state index is -0.0694. The first-order valence-corrected chi connectivity index (χ1v) is 9.51. The zero-order valence-electron chi connectivity index (χ0n) is 16.5. The van der Waals surface area contributed by atoms with Gasteiger partial charge in [0.25, 0.3) is 0 Å². The molecule has 0 N–H and O–H groups in total. The fraction of sp³-hybridized carbons (Fsp3) is 0.318. The lowest BCUT2D eigenvalue weighted by atomic mass is 10.1. The molecular weight excluding hydrogens is 370 g/mol. The van der Waals surface area contributed by atoms with E-state index in [1.807, 2.05) is 53.4 Å². The van der Waals surface area contributed by atoms with E-state index in [9.17, 15) is 4.79 Å².